The molecule has 1 amide bonds. The van der Waals surface area contributed by atoms with Gasteiger partial charge in [0.25, 0.3) is 5.91 Å². The summed E-state index contributed by atoms with van der Waals surface area (Å²) in [5.41, 5.74) is 4.41. The number of anilines is 1. The van der Waals surface area contributed by atoms with Crippen LogP contribution in [0.2, 0.25) is 0 Å². The topological polar surface area (TPSA) is 114 Å². The molecular formula is C16H21N5O4. The average Bonchev–Trinajstić information content (AvgIpc) is 2.83. The van der Waals surface area contributed by atoms with Crippen molar-refractivity contribution in [3.8, 4) is 0 Å². The van der Waals surface area contributed by atoms with Gasteiger partial charge >= 0.3 is 5.97 Å². The average molecular weight is 347 g/mol. The number of fused-ring (bicyclic) bond motifs is 1. The number of nitrogens with zero attached hydrogens (tertiary/aromatic N) is 3. The van der Waals surface area contributed by atoms with Gasteiger partial charge in [0.2, 0.25) is 5.95 Å². The molecule has 0 saturated carbocycles. The Morgan fingerprint density at radius 1 is 1.32 bits per heavy atom. The summed E-state index contributed by atoms with van der Waals surface area (Å²) in [6.45, 7) is 5.64. The number of esters is 1. The van der Waals surface area contributed by atoms with E-state index in [1.54, 1.807) is 13.0 Å². The van der Waals surface area contributed by atoms with Crippen LogP contribution < -0.4 is 15.8 Å². The number of amides is 1. The summed E-state index contributed by atoms with van der Waals surface area (Å²) >= 11 is 0. The predicted octanol–water partition coefficient (Wildman–Crippen LogP) is -0.229. The third-order valence-corrected chi connectivity index (χ3v) is 4.19. The fraction of sp³-hybridized carbons (Fsp3) is 0.562. The molecule has 2 aliphatic heterocycles. The number of ketones is 1. The highest BCUT2D eigenvalue weighted by Gasteiger charge is 2.50. The van der Waals surface area contributed by atoms with Crippen molar-refractivity contribution in [3.63, 3.8) is 0 Å². The van der Waals surface area contributed by atoms with Crippen LogP contribution in [0.3, 0.4) is 0 Å². The van der Waals surface area contributed by atoms with E-state index >= 15 is 0 Å². The van der Waals surface area contributed by atoms with E-state index in [4.69, 9.17) is 4.74 Å². The van der Waals surface area contributed by atoms with Crippen LogP contribution in [0.15, 0.2) is 6.07 Å². The van der Waals surface area contributed by atoms with E-state index in [1.165, 1.54) is 5.01 Å². The van der Waals surface area contributed by atoms with Gasteiger partial charge in [0.1, 0.15) is 11.7 Å². The smallest absolute Gasteiger partial charge is 0.307 e. The van der Waals surface area contributed by atoms with Gasteiger partial charge in [-0.05, 0) is 26.8 Å². The van der Waals surface area contributed by atoms with Crippen LogP contribution in [0.4, 0.5) is 5.95 Å². The lowest BCUT2D eigenvalue weighted by atomic mass is 9.89. The molecule has 2 saturated heterocycles. The molecule has 2 fully saturated rings. The first kappa shape index (κ1) is 17.4. The minimum absolute atomic E-state index is 0.0821. The Hall–Kier alpha value is -2.39. The molecule has 3 heterocycles. The van der Waals surface area contributed by atoms with Gasteiger partial charge in [0.15, 0.2) is 0 Å². The van der Waals surface area contributed by atoms with E-state index < -0.39 is 12.1 Å². The summed E-state index contributed by atoms with van der Waals surface area (Å²) in [5.74, 6) is -1.59. The van der Waals surface area contributed by atoms with Gasteiger partial charge in [-0.1, -0.05) is 0 Å². The lowest BCUT2D eigenvalue weighted by Crippen LogP contribution is -2.56. The molecular weight excluding hydrogens is 326 g/mol. The maximum atomic E-state index is 12.6. The van der Waals surface area contributed by atoms with Crippen LogP contribution in [0.1, 0.15) is 31.2 Å². The molecule has 2 N–H and O–H groups in total. The fourth-order valence-electron chi connectivity index (χ4n) is 3.21. The molecule has 1 aromatic heterocycles. The molecule has 0 aromatic carbocycles. The van der Waals surface area contributed by atoms with Crippen molar-refractivity contribution in [1.82, 2.24) is 20.7 Å². The van der Waals surface area contributed by atoms with Crippen LogP contribution in [-0.4, -0.2) is 46.4 Å². The number of rotatable bonds is 4. The zero-order chi connectivity index (χ0) is 18.1. The predicted molar refractivity (Wildman–Crippen MR) is 87.2 cm³/mol. The Morgan fingerprint density at radius 2 is 2.00 bits per heavy atom. The molecule has 25 heavy (non-hydrogen) atoms. The summed E-state index contributed by atoms with van der Waals surface area (Å²) in [6, 6.07) is 1.43. The fourth-order valence-corrected chi connectivity index (χ4v) is 3.21. The molecule has 0 bridgehead atoms. The first-order valence-electron chi connectivity index (χ1n) is 8.26. The highest BCUT2D eigenvalue weighted by atomic mass is 16.5. The normalized spacial score (nSPS) is 25.9. The monoisotopic (exact) mass is 347 g/mol. The number of Topliss-reactive ketones (excluding diaryl/α,β-unsaturated/α-hetero) is 1. The summed E-state index contributed by atoms with van der Waals surface area (Å²) in [4.78, 5) is 45.2. The summed E-state index contributed by atoms with van der Waals surface area (Å²) in [5, 5.41) is 4.36. The van der Waals surface area contributed by atoms with Crippen molar-refractivity contribution < 1.29 is 19.1 Å². The van der Waals surface area contributed by atoms with E-state index in [0.717, 1.165) is 11.4 Å². The number of piperidine rings is 1. The Balaban J connectivity index is 1.76. The minimum Gasteiger partial charge on any atom is -0.466 e. The van der Waals surface area contributed by atoms with Crippen molar-refractivity contribution in [1.29, 1.82) is 0 Å². The van der Waals surface area contributed by atoms with Crippen LogP contribution >= 0.6 is 0 Å². The first-order chi connectivity index (χ1) is 11.9. The molecule has 3 atom stereocenters. The molecule has 0 spiro atoms. The molecule has 0 aliphatic carbocycles. The first-order valence-corrected chi connectivity index (χ1v) is 8.26. The second-order valence-corrected chi connectivity index (χ2v) is 6.25. The SMILES string of the molecule is CCOC(=O)CC1CC(=O)C2C(=O)N(c3nc(C)cc(C)n3)NC2N1. The third kappa shape index (κ3) is 3.52. The van der Waals surface area contributed by atoms with Gasteiger partial charge < -0.3 is 4.74 Å². The lowest BCUT2D eigenvalue weighted by Gasteiger charge is -2.29. The van der Waals surface area contributed by atoms with Crippen molar-refractivity contribution in [2.45, 2.75) is 45.8 Å². The van der Waals surface area contributed by atoms with Crippen LogP contribution in [0.25, 0.3) is 0 Å². The quantitative estimate of drug-likeness (QED) is 0.567. The number of aryl methyl sites for hydroxylation is 2. The second-order valence-electron chi connectivity index (χ2n) is 6.25. The Morgan fingerprint density at radius 3 is 2.64 bits per heavy atom. The number of carbonyl (C=O) groups is 3. The number of hydrogen-bond acceptors (Lipinski definition) is 8. The molecule has 3 unspecified atom stereocenters. The van der Waals surface area contributed by atoms with E-state index in [2.05, 4.69) is 20.7 Å². The number of ether oxygens (including phenoxy) is 1. The van der Waals surface area contributed by atoms with Gasteiger partial charge in [-0.25, -0.2) is 20.4 Å². The van der Waals surface area contributed by atoms with Crippen molar-refractivity contribution >= 4 is 23.6 Å². The molecule has 134 valence electrons. The number of hydrazine groups is 1. The Bertz CT molecular complexity index is 702. The third-order valence-electron chi connectivity index (χ3n) is 4.19. The van der Waals surface area contributed by atoms with Crippen molar-refractivity contribution in [3.05, 3.63) is 17.5 Å². The number of hydrogen-bond donors (Lipinski definition) is 2. The van der Waals surface area contributed by atoms with Gasteiger partial charge in [0.05, 0.1) is 19.2 Å². The van der Waals surface area contributed by atoms with Crippen LogP contribution in [-0.2, 0) is 19.1 Å². The maximum Gasteiger partial charge on any atom is 0.307 e. The minimum atomic E-state index is -0.845. The maximum absolute atomic E-state index is 12.6. The van der Waals surface area contributed by atoms with E-state index in [9.17, 15) is 14.4 Å². The van der Waals surface area contributed by atoms with Gasteiger partial charge in [0, 0.05) is 23.9 Å². The zero-order valence-electron chi connectivity index (χ0n) is 14.4. The van der Waals surface area contributed by atoms with Crippen LogP contribution in [0.5, 0.6) is 0 Å². The number of carbonyl (C=O) groups excluding carboxylic acids is 3. The largest absolute Gasteiger partial charge is 0.466 e. The van der Waals surface area contributed by atoms with Crippen molar-refractivity contribution in [2.24, 2.45) is 5.92 Å². The van der Waals surface area contributed by atoms with E-state index in [1.807, 2.05) is 13.8 Å². The number of nitrogens with one attached hydrogen (secondary N) is 2. The molecule has 3 rings (SSSR count). The summed E-state index contributed by atoms with van der Waals surface area (Å²) in [7, 11) is 0. The summed E-state index contributed by atoms with van der Waals surface area (Å²) in [6.07, 6.45) is -0.397. The van der Waals surface area contributed by atoms with E-state index in [0.29, 0.717) is 6.61 Å². The van der Waals surface area contributed by atoms with Crippen LogP contribution in [0, 0.1) is 19.8 Å². The van der Waals surface area contributed by atoms with E-state index in [-0.39, 0.29) is 42.5 Å². The molecule has 9 nitrogen and oxygen atoms in total. The number of aromatic nitrogens is 2. The summed E-state index contributed by atoms with van der Waals surface area (Å²) < 4.78 is 4.92. The van der Waals surface area contributed by atoms with Crippen molar-refractivity contribution in [2.75, 3.05) is 11.6 Å². The highest BCUT2D eigenvalue weighted by molar-refractivity contribution is 6.10. The second kappa shape index (κ2) is 6.85. The van der Waals surface area contributed by atoms with Gasteiger partial charge in [-0.15, -0.1) is 0 Å². The molecule has 1 aromatic rings. The molecule has 2 aliphatic rings. The highest BCUT2D eigenvalue weighted by Crippen LogP contribution is 2.26. The Kier molecular flexibility index (Phi) is 4.78. The standard InChI is InChI=1S/C16H21N5O4/c1-4-25-12(23)7-10-6-11(22)13-14(19-10)20-21(15(13)24)16-17-8(2)5-9(3)18-16/h5,10,13-14,19-20H,4,6-7H2,1-3H3. The zero-order valence-corrected chi connectivity index (χ0v) is 14.4. The lowest BCUT2D eigenvalue weighted by molar-refractivity contribution is -0.144. The van der Waals surface area contributed by atoms with Gasteiger partial charge in [-0.3, -0.25) is 19.7 Å². The Labute approximate surface area is 145 Å². The molecule has 9 heteroatoms. The molecule has 0 radical (unpaired) electrons. The van der Waals surface area contributed by atoms with Gasteiger partial charge in [-0.2, -0.15) is 0 Å².